The third-order valence-corrected chi connectivity index (χ3v) is 4.79. The van der Waals surface area contributed by atoms with Crippen LogP contribution in [0, 0.1) is 5.92 Å². The van der Waals surface area contributed by atoms with Gasteiger partial charge in [0.15, 0.2) is 5.96 Å². The molecule has 110 valence electrons. The van der Waals surface area contributed by atoms with Crippen molar-refractivity contribution in [1.82, 2.24) is 10.6 Å². The Morgan fingerprint density at radius 2 is 2.21 bits per heavy atom. The molecule has 2 aliphatic rings. The Morgan fingerprint density at radius 1 is 1.32 bits per heavy atom. The number of rotatable bonds is 8. The van der Waals surface area contributed by atoms with Gasteiger partial charge in [0, 0.05) is 24.9 Å². The normalized spacial score (nSPS) is 23.6. The average molecular weight is 285 g/mol. The van der Waals surface area contributed by atoms with Gasteiger partial charge in [-0.05, 0) is 44.3 Å². The van der Waals surface area contributed by atoms with Crippen molar-refractivity contribution >= 4 is 17.7 Å². The predicted molar refractivity (Wildman–Crippen MR) is 83.0 cm³/mol. The van der Waals surface area contributed by atoms with Crippen LogP contribution < -0.4 is 10.6 Å². The summed E-state index contributed by atoms with van der Waals surface area (Å²) in [5, 5.41) is 7.36. The molecule has 1 aliphatic heterocycles. The number of thioether (sulfide) groups is 1. The first-order chi connectivity index (χ1) is 9.38. The summed E-state index contributed by atoms with van der Waals surface area (Å²) in [6.07, 6.45) is 5.38. The number of guanidine groups is 1. The highest BCUT2D eigenvalue weighted by molar-refractivity contribution is 8.00. The van der Waals surface area contributed by atoms with Crippen LogP contribution in [0.1, 0.15) is 32.6 Å². The molecule has 1 atom stereocenters. The molecule has 1 saturated carbocycles. The Balaban J connectivity index is 1.57. The molecule has 4 nitrogen and oxygen atoms in total. The van der Waals surface area contributed by atoms with Crippen molar-refractivity contribution in [2.75, 3.05) is 38.6 Å². The first kappa shape index (κ1) is 15.0. The van der Waals surface area contributed by atoms with Gasteiger partial charge in [0.05, 0.1) is 13.2 Å². The molecule has 2 fully saturated rings. The van der Waals surface area contributed by atoms with E-state index in [1.807, 2.05) is 0 Å². The highest BCUT2D eigenvalue weighted by atomic mass is 32.2. The summed E-state index contributed by atoms with van der Waals surface area (Å²) in [6.45, 7) is 6.50. The van der Waals surface area contributed by atoms with Crippen molar-refractivity contribution in [2.45, 2.75) is 37.9 Å². The van der Waals surface area contributed by atoms with E-state index in [1.54, 1.807) is 0 Å². The van der Waals surface area contributed by atoms with E-state index in [4.69, 9.17) is 4.74 Å². The Morgan fingerprint density at radius 3 is 2.89 bits per heavy atom. The predicted octanol–water partition coefficient (Wildman–Crippen LogP) is 1.86. The molecular formula is C14H27N3OS. The van der Waals surface area contributed by atoms with Gasteiger partial charge in [-0.2, -0.15) is 11.8 Å². The lowest BCUT2D eigenvalue weighted by Gasteiger charge is -2.12. The molecular weight excluding hydrogens is 258 g/mol. The van der Waals surface area contributed by atoms with Crippen molar-refractivity contribution in [3.63, 3.8) is 0 Å². The summed E-state index contributed by atoms with van der Waals surface area (Å²) in [5.74, 6) is 3.09. The van der Waals surface area contributed by atoms with Gasteiger partial charge >= 0.3 is 0 Å². The van der Waals surface area contributed by atoms with Gasteiger partial charge in [-0.25, -0.2) is 0 Å². The molecule has 1 unspecified atom stereocenters. The van der Waals surface area contributed by atoms with Crippen molar-refractivity contribution in [1.29, 1.82) is 0 Å². The smallest absolute Gasteiger partial charge is 0.191 e. The van der Waals surface area contributed by atoms with Crippen LogP contribution in [0.4, 0.5) is 0 Å². The summed E-state index contributed by atoms with van der Waals surface area (Å²) in [6, 6.07) is 0. The quantitative estimate of drug-likeness (QED) is 0.406. The minimum atomic E-state index is 0.724. The van der Waals surface area contributed by atoms with Crippen LogP contribution in [-0.2, 0) is 4.74 Å². The van der Waals surface area contributed by atoms with E-state index in [9.17, 15) is 0 Å². The van der Waals surface area contributed by atoms with E-state index in [1.165, 1.54) is 31.4 Å². The van der Waals surface area contributed by atoms with E-state index in [0.717, 1.165) is 50.0 Å². The van der Waals surface area contributed by atoms with Gasteiger partial charge in [0.25, 0.3) is 0 Å². The van der Waals surface area contributed by atoms with Gasteiger partial charge in [0.2, 0.25) is 0 Å². The van der Waals surface area contributed by atoms with E-state index >= 15 is 0 Å². The molecule has 5 heteroatoms. The van der Waals surface area contributed by atoms with Crippen molar-refractivity contribution in [2.24, 2.45) is 10.9 Å². The lowest BCUT2D eigenvalue weighted by molar-refractivity contribution is 0.129. The molecule has 0 aromatic heterocycles. The zero-order chi connectivity index (χ0) is 13.3. The number of hydrogen-bond acceptors (Lipinski definition) is 3. The molecule has 19 heavy (non-hydrogen) atoms. The van der Waals surface area contributed by atoms with E-state index < -0.39 is 0 Å². The van der Waals surface area contributed by atoms with Gasteiger partial charge in [-0.3, -0.25) is 4.99 Å². The molecule has 1 saturated heterocycles. The Labute approximate surface area is 121 Å². The van der Waals surface area contributed by atoms with E-state index in [0.29, 0.717) is 0 Å². The number of nitrogens with one attached hydrogen (secondary N) is 2. The maximum Gasteiger partial charge on any atom is 0.191 e. The fourth-order valence-corrected chi connectivity index (χ4v) is 3.28. The fraction of sp³-hybridized carbons (Fsp3) is 0.929. The molecule has 2 N–H and O–H groups in total. The van der Waals surface area contributed by atoms with E-state index in [-0.39, 0.29) is 0 Å². The third kappa shape index (κ3) is 6.52. The second-order valence-corrected chi connectivity index (χ2v) is 6.71. The highest BCUT2D eigenvalue weighted by Crippen LogP contribution is 2.28. The average Bonchev–Trinajstić information content (AvgIpc) is 3.09. The molecule has 1 heterocycles. The van der Waals surface area contributed by atoms with Crippen LogP contribution in [0.15, 0.2) is 4.99 Å². The lowest BCUT2D eigenvalue weighted by Crippen LogP contribution is -2.39. The van der Waals surface area contributed by atoms with Gasteiger partial charge < -0.3 is 15.4 Å². The first-order valence-electron chi connectivity index (χ1n) is 7.60. The maximum atomic E-state index is 5.61. The number of ether oxygens (including phenoxy) is 1. The standard InChI is InChI=1S/C14H27N3OS/c1-2-15-14(17-10-13-4-3-9-19-13)16-7-8-18-11-12-5-6-12/h12-13H,2-11H2,1H3,(H2,15,16,17). The number of aliphatic imine (C=N–C) groups is 1. The zero-order valence-corrected chi connectivity index (χ0v) is 12.8. The summed E-state index contributed by atoms with van der Waals surface area (Å²) in [5.41, 5.74) is 0. The van der Waals surface area contributed by atoms with Crippen LogP contribution in [-0.4, -0.2) is 49.8 Å². The molecule has 0 bridgehead atoms. The third-order valence-electron chi connectivity index (χ3n) is 3.41. The van der Waals surface area contributed by atoms with Crippen molar-refractivity contribution < 1.29 is 4.74 Å². The van der Waals surface area contributed by atoms with E-state index in [2.05, 4.69) is 34.3 Å². The molecule has 0 aromatic carbocycles. The second-order valence-electron chi connectivity index (χ2n) is 5.30. The summed E-state index contributed by atoms with van der Waals surface area (Å²) < 4.78 is 5.61. The van der Waals surface area contributed by atoms with Crippen LogP contribution >= 0.6 is 11.8 Å². The van der Waals surface area contributed by atoms with Crippen molar-refractivity contribution in [3.05, 3.63) is 0 Å². The monoisotopic (exact) mass is 285 g/mol. The first-order valence-corrected chi connectivity index (χ1v) is 8.65. The lowest BCUT2D eigenvalue weighted by atomic mass is 10.2. The highest BCUT2D eigenvalue weighted by Gasteiger charge is 2.20. The zero-order valence-electron chi connectivity index (χ0n) is 12.0. The van der Waals surface area contributed by atoms with Gasteiger partial charge in [-0.15, -0.1) is 0 Å². The van der Waals surface area contributed by atoms with Crippen LogP contribution in [0.25, 0.3) is 0 Å². The Kier molecular flexibility index (Phi) is 6.85. The Hall–Kier alpha value is -0.420. The van der Waals surface area contributed by atoms with Gasteiger partial charge in [0.1, 0.15) is 0 Å². The molecule has 0 aromatic rings. The summed E-state index contributed by atoms with van der Waals surface area (Å²) >= 11 is 2.06. The molecule has 0 spiro atoms. The maximum absolute atomic E-state index is 5.61. The van der Waals surface area contributed by atoms with Crippen LogP contribution in [0.2, 0.25) is 0 Å². The minimum Gasteiger partial charge on any atom is -0.379 e. The molecule has 0 radical (unpaired) electrons. The SMILES string of the molecule is CCNC(=NCC1CCCS1)NCCOCC1CC1. The summed E-state index contributed by atoms with van der Waals surface area (Å²) in [4.78, 5) is 4.66. The Bertz CT molecular complexity index is 276. The number of nitrogens with zero attached hydrogens (tertiary/aromatic N) is 1. The largest absolute Gasteiger partial charge is 0.379 e. The van der Waals surface area contributed by atoms with Gasteiger partial charge in [-0.1, -0.05) is 0 Å². The number of hydrogen-bond donors (Lipinski definition) is 2. The molecule has 2 rings (SSSR count). The minimum absolute atomic E-state index is 0.724. The van der Waals surface area contributed by atoms with Crippen LogP contribution in [0.5, 0.6) is 0 Å². The topological polar surface area (TPSA) is 45.7 Å². The molecule has 1 aliphatic carbocycles. The molecule has 0 amide bonds. The van der Waals surface area contributed by atoms with Crippen molar-refractivity contribution in [3.8, 4) is 0 Å². The summed E-state index contributed by atoms with van der Waals surface area (Å²) in [7, 11) is 0. The fourth-order valence-electron chi connectivity index (χ4n) is 2.10. The second kappa shape index (κ2) is 8.69. The van der Waals surface area contributed by atoms with Crippen LogP contribution in [0.3, 0.4) is 0 Å².